The number of carbonyl (C=O) groups excluding carboxylic acids is 2. The van der Waals surface area contributed by atoms with Crippen LogP contribution in [-0.2, 0) is 9.47 Å². The van der Waals surface area contributed by atoms with Gasteiger partial charge in [0.15, 0.2) is 11.5 Å². The monoisotopic (exact) mass is 528 g/mol. The lowest BCUT2D eigenvalue weighted by Crippen LogP contribution is -2.34. The summed E-state index contributed by atoms with van der Waals surface area (Å²) >= 11 is 3.41. The van der Waals surface area contributed by atoms with Crippen molar-refractivity contribution in [3.05, 3.63) is 69.8 Å². The molecule has 0 atom stereocenters. The van der Waals surface area contributed by atoms with Gasteiger partial charge in [0.1, 0.15) is 5.60 Å². The van der Waals surface area contributed by atoms with Crippen molar-refractivity contribution in [1.29, 1.82) is 0 Å². The molecule has 0 aliphatic carbocycles. The Kier molecular flexibility index (Phi) is 7.78. The molecule has 3 aromatic rings. The summed E-state index contributed by atoms with van der Waals surface area (Å²) < 4.78 is 13.5. The highest BCUT2D eigenvalue weighted by Crippen LogP contribution is 2.30. The van der Waals surface area contributed by atoms with E-state index < -0.39 is 11.6 Å². The van der Waals surface area contributed by atoms with Gasteiger partial charge in [-0.3, -0.25) is 9.36 Å². The molecule has 34 heavy (non-hydrogen) atoms. The molecule has 0 fully saturated rings. The normalized spacial score (nSPS) is 11.3. The van der Waals surface area contributed by atoms with Gasteiger partial charge in [0, 0.05) is 36.9 Å². The number of nitrogens with one attached hydrogen (secondary N) is 1. The maximum atomic E-state index is 13.5. The number of carbonyl (C=O) groups is 2. The lowest BCUT2D eigenvalue weighted by atomic mass is 10.1. The average Bonchev–Trinajstić information content (AvgIpc) is 3.13. The zero-order valence-corrected chi connectivity index (χ0v) is 21.8. The highest BCUT2D eigenvalue weighted by molar-refractivity contribution is 9.10. The molecule has 0 saturated carbocycles. The summed E-state index contributed by atoms with van der Waals surface area (Å²) in [6, 6.07) is 14.7. The van der Waals surface area contributed by atoms with E-state index in [2.05, 4.69) is 26.2 Å². The van der Waals surface area contributed by atoms with E-state index in [1.54, 1.807) is 42.6 Å². The molecule has 1 amide bonds. The number of halogens is 1. The Morgan fingerprint density at radius 3 is 2.41 bits per heavy atom. The van der Waals surface area contributed by atoms with Gasteiger partial charge in [-0.1, -0.05) is 34.1 Å². The molecular formula is C25H29BrN4O4. The Bertz CT molecular complexity index is 1190. The number of imidazole rings is 1. The number of amides is 1. The number of anilines is 2. The molecule has 0 aliphatic heterocycles. The lowest BCUT2D eigenvalue weighted by Gasteiger charge is -2.25. The second-order valence-corrected chi connectivity index (χ2v) is 9.59. The average molecular weight is 529 g/mol. The van der Waals surface area contributed by atoms with Crippen molar-refractivity contribution in [2.24, 2.45) is 0 Å². The van der Waals surface area contributed by atoms with Gasteiger partial charge in [-0.05, 0) is 56.7 Å². The van der Waals surface area contributed by atoms with Crippen LogP contribution < -0.4 is 10.2 Å². The number of ether oxygens (including phenoxy) is 2. The molecule has 0 aliphatic rings. The second kappa shape index (κ2) is 10.4. The van der Waals surface area contributed by atoms with E-state index in [0.717, 1.165) is 10.0 Å². The predicted octanol–water partition coefficient (Wildman–Crippen LogP) is 4.84. The largest absolute Gasteiger partial charge is 0.452 e. The van der Waals surface area contributed by atoms with Gasteiger partial charge >= 0.3 is 5.97 Å². The first kappa shape index (κ1) is 25.5. The van der Waals surface area contributed by atoms with Crippen LogP contribution in [0.25, 0.3) is 5.69 Å². The van der Waals surface area contributed by atoms with Crippen LogP contribution in [0.1, 0.15) is 40.3 Å². The molecule has 1 heterocycles. The third-order valence-corrected chi connectivity index (χ3v) is 5.49. The minimum Gasteiger partial charge on any atom is -0.452 e. The van der Waals surface area contributed by atoms with Crippen molar-refractivity contribution in [2.75, 3.05) is 38.0 Å². The molecule has 0 saturated heterocycles. The Labute approximate surface area is 208 Å². The molecule has 2 aromatic carbocycles. The third kappa shape index (κ3) is 5.66. The quantitative estimate of drug-likeness (QED) is 0.421. The van der Waals surface area contributed by atoms with Crippen molar-refractivity contribution in [3.63, 3.8) is 0 Å². The number of hydrogen-bond acceptors (Lipinski definition) is 6. The summed E-state index contributed by atoms with van der Waals surface area (Å²) in [4.78, 5) is 33.1. The molecule has 0 spiro atoms. The standard InChI is InChI=1S/C25H29BrN4O4/c1-16-14-17(26)12-13-19(16)22(31)27-21-20(23(32)34-25(2,3)15-33-6)30(24(28-21)29(4)5)18-10-8-7-9-11-18/h7-14H,15H2,1-6H3,(H,27,31). The van der Waals surface area contributed by atoms with Crippen LogP contribution in [0, 0.1) is 6.92 Å². The fraction of sp³-hybridized carbons (Fsp3) is 0.320. The second-order valence-electron chi connectivity index (χ2n) is 8.67. The number of methoxy groups -OCH3 is 1. The van der Waals surface area contributed by atoms with Gasteiger partial charge < -0.3 is 19.7 Å². The molecule has 1 aromatic heterocycles. The zero-order valence-electron chi connectivity index (χ0n) is 20.2. The number of aromatic nitrogens is 2. The van der Waals surface area contributed by atoms with Gasteiger partial charge in [-0.2, -0.15) is 4.98 Å². The lowest BCUT2D eigenvalue weighted by molar-refractivity contribution is -0.0370. The first-order chi connectivity index (χ1) is 16.0. The fourth-order valence-corrected chi connectivity index (χ4v) is 4.01. The molecule has 1 N–H and O–H groups in total. The fourth-order valence-electron chi connectivity index (χ4n) is 3.54. The summed E-state index contributed by atoms with van der Waals surface area (Å²) in [7, 11) is 5.17. The third-order valence-electron chi connectivity index (χ3n) is 4.99. The predicted molar refractivity (Wildman–Crippen MR) is 136 cm³/mol. The molecule has 0 bridgehead atoms. The number of esters is 1. The van der Waals surface area contributed by atoms with Crippen molar-refractivity contribution in [2.45, 2.75) is 26.4 Å². The molecule has 9 heteroatoms. The highest BCUT2D eigenvalue weighted by atomic mass is 79.9. The van der Waals surface area contributed by atoms with Crippen molar-refractivity contribution >= 4 is 39.6 Å². The number of hydrogen-bond donors (Lipinski definition) is 1. The van der Waals surface area contributed by atoms with Crippen molar-refractivity contribution < 1.29 is 19.1 Å². The maximum absolute atomic E-state index is 13.5. The topological polar surface area (TPSA) is 85.7 Å². The minimum atomic E-state index is -0.889. The molecule has 180 valence electrons. The Morgan fingerprint density at radius 2 is 1.82 bits per heavy atom. The van der Waals surface area contributed by atoms with Gasteiger partial charge in [-0.15, -0.1) is 0 Å². The Hall–Kier alpha value is -3.17. The summed E-state index contributed by atoms with van der Waals surface area (Å²) in [5, 5.41) is 2.83. The van der Waals surface area contributed by atoms with Gasteiger partial charge in [0.05, 0.1) is 6.61 Å². The number of rotatable bonds is 8. The molecule has 0 unspecified atom stereocenters. The van der Waals surface area contributed by atoms with Crippen molar-refractivity contribution in [3.8, 4) is 5.69 Å². The summed E-state index contributed by atoms with van der Waals surface area (Å²) in [5.41, 5.74) is 1.19. The van der Waals surface area contributed by atoms with E-state index in [4.69, 9.17) is 9.47 Å². The van der Waals surface area contributed by atoms with Crippen LogP contribution in [0.2, 0.25) is 0 Å². The smallest absolute Gasteiger partial charge is 0.359 e. The Balaban J connectivity index is 2.14. The van der Waals surface area contributed by atoms with E-state index in [0.29, 0.717) is 17.2 Å². The molecule has 3 rings (SSSR count). The Morgan fingerprint density at radius 1 is 1.15 bits per heavy atom. The van der Waals surface area contributed by atoms with E-state index in [1.165, 1.54) is 0 Å². The molecular weight excluding hydrogens is 500 g/mol. The molecule has 8 nitrogen and oxygen atoms in total. The van der Waals surface area contributed by atoms with Crippen LogP contribution in [-0.4, -0.2) is 54.8 Å². The van der Waals surface area contributed by atoms with E-state index in [9.17, 15) is 9.59 Å². The molecule has 0 radical (unpaired) electrons. The number of aryl methyl sites for hydroxylation is 1. The van der Waals surface area contributed by atoms with Crippen LogP contribution in [0.5, 0.6) is 0 Å². The van der Waals surface area contributed by atoms with E-state index in [1.807, 2.05) is 57.4 Å². The summed E-state index contributed by atoms with van der Waals surface area (Å²) in [5.74, 6) is -0.434. The maximum Gasteiger partial charge on any atom is 0.359 e. The van der Waals surface area contributed by atoms with Crippen molar-refractivity contribution in [1.82, 2.24) is 9.55 Å². The van der Waals surface area contributed by atoms with E-state index >= 15 is 0 Å². The SMILES string of the molecule is COCC(C)(C)OC(=O)c1c(NC(=O)c2ccc(Br)cc2C)nc(N(C)C)n1-c1ccccc1. The number of para-hydroxylation sites is 1. The van der Waals surface area contributed by atoms with Gasteiger partial charge in [-0.25, -0.2) is 4.79 Å². The highest BCUT2D eigenvalue weighted by Gasteiger charge is 2.32. The van der Waals surface area contributed by atoms with Crippen LogP contribution in [0.15, 0.2) is 53.0 Å². The van der Waals surface area contributed by atoms with Crippen LogP contribution in [0.4, 0.5) is 11.8 Å². The first-order valence-corrected chi connectivity index (χ1v) is 11.5. The van der Waals surface area contributed by atoms with Crippen LogP contribution in [0.3, 0.4) is 0 Å². The number of nitrogens with zero attached hydrogens (tertiary/aromatic N) is 3. The number of benzene rings is 2. The summed E-state index contributed by atoms with van der Waals surface area (Å²) in [6.45, 7) is 5.57. The first-order valence-electron chi connectivity index (χ1n) is 10.7. The minimum absolute atomic E-state index is 0.109. The van der Waals surface area contributed by atoms with Gasteiger partial charge in [0.25, 0.3) is 5.91 Å². The van der Waals surface area contributed by atoms with E-state index in [-0.39, 0.29) is 24.0 Å². The summed E-state index contributed by atoms with van der Waals surface area (Å²) in [6.07, 6.45) is 0. The zero-order chi connectivity index (χ0) is 25.0. The van der Waals surface area contributed by atoms with Gasteiger partial charge in [0.2, 0.25) is 5.95 Å². The van der Waals surface area contributed by atoms with Crippen LogP contribution >= 0.6 is 15.9 Å².